The van der Waals surface area contributed by atoms with Gasteiger partial charge in [-0.2, -0.15) is 0 Å². The number of carbonyl (C=O) groups is 1. The molecule has 0 aromatic heterocycles. The van der Waals surface area contributed by atoms with Crippen LogP contribution < -0.4 is 0 Å². The highest BCUT2D eigenvalue weighted by atomic mass is 16.5. The van der Waals surface area contributed by atoms with E-state index in [0.29, 0.717) is 11.1 Å². The van der Waals surface area contributed by atoms with Crippen molar-refractivity contribution >= 4 is 11.7 Å². The summed E-state index contributed by atoms with van der Waals surface area (Å²) >= 11 is 0. The molecule has 0 aliphatic carbocycles. The van der Waals surface area contributed by atoms with E-state index in [4.69, 9.17) is 10.1 Å². The van der Waals surface area contributed by atoms with E-state index in [1.54, 1.807) is 31.2 Å². The topological polar surface area (TPSA) is 70.4 Å². The van der Waals surface area contributed by atoms with Gasteiger partial charge in [0.1, 0.15) is 11.3 Å². The predicted molar refractivity (Wildman–Crippen MR) is 84.9 cm³/mol. The van der Waals surface area contributed by atoms with Gasteiger partial charge in [-0.15, -0.1) is 0 Å². The molecule has 0 heterocycles. The van der Waals surface area contributed by atoms with Crippen LogP contribution in [-0.4, -0.2) is 23.4 Å². The largest absolute Gasteiger partial charge is 0.462 e. The molecule has 0 unspecified atom stereocenters. The summed E-state index contributed by atoms with van der Waals surface area (Å²) in [6.07, 6.45) is -0.139. The van der Waals surface area contributed by atoms with Gasteiger partial charge >= 0.3 is 5.97 Å². The van der Waals surface area contributed by atoms with Crippen LogP contribution in [0.4, 0.5) is 0 Å². The molecule has 0 amide bonds. The van der Waals surface area contributed by atoms with Gasteiger partial charge in [0, 0.05) is 6.42 Å². The van der Waals surface area contributed by atoms with Crippen molar-refractivity contribution in [2.75, 3.05) is 6.61 Å². The third kappa shape index (κ3) is 3.40. The van der Waals surface area contributed by atoms with Crippen LogP contribution in [0.1, 0.15) is 24.5 Å². The second kappa shape index (κ2) is 7.00. The third-order valence-corrected chi connectivity index (χ3v) is 3.46. The minimum atomic E-state index is -1.44. The second-order valence-corrected chi connectivity index (χ2v) is 4.97. The lowest BCUT2D eigenvalue weighted by molar-refractivity contribution is -0.135. The van der Waals surface area contributed by atoms with E-state index in [1.165, 1.54) is 0 Å². The molecule has 0 aliphatic rings. The lowest BCUT2D eigenvalue weighted by Crippen LogP contribution is -2.33. The normalized spacial score (nSPS) is 11.0. The zero-order chi connectivity index (χ0) is 16.0. The lowest BCUT2D eigenvalue weighted by Gasteiger charge is -2.29. The maximum Gasteiger partial charge on any atom is 0.352 e. The van der Waals surface area contributed by atoms with Crippen LogP contribution in [0.15, 0.2) is 60.7 Å². The van der Waals surface area contributed by atoms with Crippen LogP contribution in [0.25, 0.3) is 0 Å². The number of esters is 1. The highest BCUT2D eigenvalue weighted by Crippen LogP contribution is 2.33. The fraction of sp³-hybridized carbons (Fsp3) is 0.222. The monoisotopic (exact) mass is 297 g/mol. The van der Waals surface area contributed by atoms with Crippen molar-refractivity contribution < 1.29 is 14.6 Å². The molecule has 114 valence electrons. The van der Waals surface area contributed by atoms with Gasteiger partial charge in [0.2, 0.25) is 0 Å². The van der Waals surface area contributed by atoms with Crippen molar-refractivity contribution in [1.29, 1.82) is 5.41 Å². The van der Waals surface area contributed by atoms with Crippen molar-refractivity contribution in [3.05, 3.63) is 71.8 Å². The van der Waals surface area contributed by atoms with Gasteiger partial charge in [-0.25, -0.2) is 4.79 Å². The van der Waals surface area contributed by atoms with E-state index in [9.17, 15) is 9.90 Å². The van der Waals surface area contributed by atoms with Gasteiger partial charge < -0.3 is 9.84 Å². The predicted octanol–water partition coefficient (Wildman–Crippen LogP) is 2.90. The number of hydrogen-bond donors (Lipinski definition) is 2. The molecule has 22 heavy (non-hydrogen) atoms. The van der Waals surface area contributed by atoms with Crippen molar-refractivity contribution in [2.45, 2.75) is 18.9 Å². The molecule has 0 fully saturated rings. The fourth-order valence-electron chi connectivity index (χ4n) is 2.34. The molecule has 2 N–H and O–H groups in total. The first-order valence-corrected chi connectivity index (χ1v) is 7.16. The first-order chi connectivity index (χ1) is 10.6. The minimum Gasteiger partial charge on any atom is -0.462 e. The molecule has 4 heteroatoms. The van der Waals surface area contributed by atoms with E-state index in [2.05, 4.69) is 0 Å². The Hall–Kier alpha value is -2.46. The number of rotatable bonds is 6. The molecule has 0 saturated heterocycles. The van der Waals surface area contributed by atoms with E-state index in [0.717, 1.165) is 0 Å². The van der Waals surface area contributed by atoms with Crippen LogP contribution in [0, 0.1) is 5.41 Å². The molecular weight excluding hydrogens is 278 g/mol. The van der Waals surface area contributed by atoms with Gasteiger partial charge in [0.25, 0.3) is 0 Å². The van der Waals surface area contributed by atoms with Gasteiger partial charge in [-0.3, -0.25) is 5.41 Å². The Bertz CT molecular complexity index is 598. The van der Waals surface area contributed by atoms with Crippen molar-refractivity contribution in [3.63, 3.8) is 0 Å². The second-order valence-electron chi connectivity index (χ2n) is 4.97. The highest BCUT2D eigenvalue weighted by Gasteiger charge is 2.34. The number of carbonyl (C=O) groups excluding carboxylic acids is 1. The Morgan fingerprint density at radius 1 is 1.05 bits per heavy atom. The Balaban J connectivity index is 2.39. The maximum absolute atomic E-state index is 11.7. The molecule has 0 spiro atoms. The zero-order valence-electron chi connectivity index (χ0n) is 12.5. The molecule has 0 atom stereocenters. The standard InChI is InChI=1S/C18H19NO3/c1-2-22-17(20)16(19)13-18(21,14-9-5-3-6-10-14)15-11-7-4-8-12-15/h3-12,19,21H,2,13H2,1H3. The van der Waals surface area contributed by atoms with E-state index in [1.807, 2.05) is 36.4 Å². The average molecular weight is 297 g/mol. The van der Waals surface area contributed by atoms with E-state index < -0.39 is 11.6 Å². The Labute approximate surface area is 129 Å². The maximum atomic E-state index is 11.7. The van der Waals surface area contributed by atoms with Gasteiger partial charge in [0.05, 0.1) is 6.61 Å². The van der Waals surface area contributed by atoms with Crippen molar-refractivity contribution in [2.24, 2.45) is 0 Å². The Morgan fingerprint density at radius 3 is 1.91 bits per heavy atom. The molecule has 2 aromatic rings. The smallest absolute Gasteiger partial charge is 0.352 e. The number of benzene rings is 2. The first-order valence-electron chi connectivity index (χ1n) is 7.16. The van der Waals surface area contributed by atoms with E-state index >= 15 is 0 Å². The van der Waals surface area contributed by atoms with Gasteiger partial charge in [-0.1, -0.05) is 60.7 Å². The summed E-state index contributed by atoms with van der Waals surface area (Å²) in [6.45, 7) is 1.89. The lowest BCUT2D eigenvalue weighted by atomic mass is 9.82. The summed E-state index contributed by atoms with van der Waals surface area (Å²) < 4.78 is 4.85. The molecule has 2 rings (SSSR count). The SMILES string of the molecule is CCOC(=O)C(=N)CC(O)(c1ccccc1)c1ccccc1. The van der Waals surface area contributed by atoms with Crippen LogP contribution >= 0.6 is 0 Å². The average Bonchev–Trinajstić information content (AvgIpc) is 2.56. The fourth-order valence-corrected chi connectivity index (χ4v) is 2.34. The minimum absolute atomic E-state index is 0.139. The molecule has 0 bridgehead atoms. The number of nitrogens with one attached hydrogen (secondary N) is 1. The summed E-state index contributed by atoms with van der Waals surface area (Å²) in [5, 5.41) is 19.1. The first kappa shape index (κ1) is 15.9. The Kier molecular flexibility index (Phi) is 5.07. The molecule has 4 nitrogen and oxygen atoms in total. The summed E-state index contributed by atoms with van der Waals surface area (Å²) in [6, 6.07) is 18.1. The number of ether oxygens (including phenoxy) is 1. The summed E-state index contributed by atoms with van der Waals surface area (Å²) in [5.74, 6) is -0.701. The molecule has 0 aliphatic heterocycles. The number of hydrogen-bond acceptors (Lipinski definition) is 4. The quantitative estimate of drug-likeness (QED) is 0.636. The molecule has 2 aromatic carbocycles. The summed E-state index contributed by atoms with van der Waals surface area (Å²) in [5.41, 5.74) is -0.422. The van der Waals surface area contributed by atoms with Crippen molar-refractivity contribution in [1.82, 2.24) is 0 Å². The van der Waals surface area contributed by atoms with Gasteiger partial charge in [-0.05, 0) is 18.1 Å². The third-order valence-electron chi connectivity index (χ3n) is 3.46. The van der Waals surface area contributed by atoms with Crippen LogP contribution in [0.2, 0.25) is 0 Å². The van der Waals surface area contributed by atoms with Crippen LogP contribution in [0.5, 0.6) is 0 Å². The summed E-state index contributed by atoms with van der Waals surface area (Å²) in [4.78, 5) is 11.7. The zero-order valence-corrected chi connectivity index (χ0v) is 12.5. The Morgan fingerprint density at radius 2 is 1.50 bits per heavy atom. The van der Waals surface area contributed by atoms with Crippen LogP contribution in [-0.2, 0) is 15.1 Å². The highest BCUT2D eigenvalue weighted by molar-refractivity contribution is 6.35. The number of aliphatic hydroxyl groups is 1. The van der Waals surface area contributed by atoms with Crippen molar-refractivity contribution in [3.8, 4) is 0 Å². The molecule has 0 radical (unpaired) electrons. The van der Waals surface area contributed by atoms with Crippen LogP contribution in [0.3, 0.4) is 0 Å². The summed E-state index contributed by atoms with van der Waals surface area (Å²) in [7, 11) is 0. The molecule has 0 saturated carbocycles. The van der Waals surface area contributed by atoms with Gasteiger partial charge in [0.15, 0.2) is 0 Å². The molecular formula is C18H19NO3. The van der Waals surface area contributed by atoms with E-state index in [-0.39, 0.29) is 18.7 Å².